The molecule has 0 aromatic heterocycles. The lowest BCUT2D eigenvalue weighted by molar-refractivity contribution is -0.122. The minimum absolute atomic E-state index is 0.212. The molecule has 1 aromatic rings. The first kappa shape index (κ1) is 12.6. The summed E-state index contributed by atoms with van der Waals surface area (Å²) < 4.78 is 13.3. The van der Waals surface area contributed by atoms with Gasteiger partial charge in [-0.1, -0.05) is 25.3 Å². The molecule has 0 atom stereocenters. The maximum Gasteiger partial charge on any atom is 0.155 e. The number of rotatable bonds is 3. The first-order valence-electron chi connectivity index (χ1n) is 7.30. The van der Waals surface area contributed by atoms with E-state index >= 15 is 0 Å². The maximum atomic E-state index is 13.3. The van der Waals surface area contributed by atoms with Gasteiger partial charge in [0.15, 0.2) is 5.78 Å². The summed E-state index contributed by atoms with van der Waals surface area (Å²) in [5.74, 6) is 0.374. The lowest BCUT2D eigenvalue weighted by Gasteiger charge is -2.24. The van der Waals surface area contributed by atoms with Crippen molar-refractivity contribution in [2.24, 2.45) is 5.92 Å². The van der Waals surface area contributed by atoms with E-state index in [1.807, 2.05) is 6.07 Å². The number of ketones is 1. The summed E-state index contributed by atoms with van der Waals surface area (Å²) in [6, 6.07) is 4.91. The van der Waals surface area contributed by atoms with Gasteiger partial charge in [0, 0.05) is 18.2 Å². The van der Waals surface area contributed by atoms with Gasteiger partial charge in [0.2, 0.25) is 0 Å². The van der Waals surface area contributed by atoms with Gasteiger partial charge in [0.25, 0.3) is 0 Å². The fourth-order valence-electron chi connectivity index (χ4n) is 3.32. The highest BCUT2D eigenvalue weighted by Gasteiger charge is 2.26. The quantitative estimate of drug-likeness (QED) is 0.831. The number of Topliss-reactive ketones (excluding diaryl/α,β-unsaturated/α-hetero) is 1. The summed E-state index contributed by atoms with van der Waals surface area (Å²) >= 11 is 0. The number of fused-ring (bicyclic) bond motifs is 1. The van der Waals surface area contributed by atoms with Crippen LogP contribution in [0, 0.1) is 11.7 Å². The van der Waals surface area contributed by atoms with Crippen molar-refractivity contribution < 1.29 is 9.18 Å². The van der Waals surface area contributed by atoms with Crippen LogP contribution in [0.15, 0.2) is 18.2 Å². The van der Waals surface area contributed by atoms with E-state index in [0.717, 1.165) is 37.1 Å². The zero-order chi connectivity index (χ0) is 13.2. The highest BCUT2D eigenvalue weighted by molar-refractivity contribution is 5.86. The molecule has 2 nitrogen and oxygen atoms in total. The second-order valence-electron chi connectivity index (χ2n) is 5.75. The fourth-order valence-corrected chi connectivity index (χ4v) is 3.32. The van der Waals surface area contributed by atoms with Gasteiger partial charge in [-0.3, -0.25) is 4.79 Å². The van der Waals surface area contributed by atoms with E-state index in [1.54, 1.807) is 6.07 Å². The standard InChI is InChI=1S/C16H20FNO/c17-14-7-6-12-8-9-18(15(12)10-14)11-16(19)13-4-2-1-3-5-13/h6-7,10,13H,1-5,8-9,11H2. The van der Waals surface area contributed by atoms with Crippen LogP contribution in [0.25, 0.3) is 0 Å². The molecule has 3 heteroatoms. The van der Waals surface area contributed by atoms with E-state index in [-0.39, 0.29) is 11.7 Å². The van der Waals surface area contributed by atoms with E-state index in [1.165, 1.54) is 25.3 Å². The van der Waals surface area contributed by atoms with Crippen LogP contribution in [0.2, 0.25) is 0 Å². The molecular formula is C16H20FNO. The summed E-state index contributed by atoms with van der Waals surface area (Å²) in [4.78, 5) is 14.4. The van der Waals surface area contributed by atoms with Gasteiger partial charge in [-0.2, -0.15) is 0 Å². The minimum atomic E-state index is -0.212. The Balaban J connectivity index is 1.68. The van der Waals surface area contributed by atoms with Crippen molar-refractivity contribution in [2.75, 3.05) is 18.0 Å². The number of carbonyl (C=O) groups is 1. The molecule has 102 valence electrons. The summed E-state index contributed by atoms with van der Waals surface area (Å²) in [6.07, 6.45) is 6.64. The molecule has 3 rings (SSSR count). The largest absolute Gasteiger partial charge is 0.364 e. The second kappa shape index (κ2) is 5.32. The van der Waals surface area contributed by atoms with Crippen LogP contribution in [-0.4, -0.2) is 18.9 Å². The van der Waals surface area contributed by atoms with Gasteiger partial charge in [-0.25, -0.2) is 4.39 Å². The Bertz CT molecular complexity index is 480. The molecule has 0 N–H and O–H groups in total. The zero-order valence-corrected chi connectivity index (χ0v) is 11.2. The lowest BCUT2D eigenvalue weighted by Crippen LogP contribution is -2.32. The molecule has 1 aliphatic heterocycles. The Labute approximate surface area is 113 Å². The van der Waals surface area contributed by atoms with Gasteiger partial charge in [-0.15, -0.1) is 0 Å². The van der Waals surface area contributed by atoms with Crippen molar-refractivity contribution in [3.8, 4) is 0 Å². The topological polar surface area (TPSA) is 20.3 Å². The predicted molar refractivity (Wildman–Crippen MR) is 73.9 cm³/mol. The SMILES string of the molecule is O=C(CN1CCc2ccc(F)cc21)C1CCCCC1. The van der Waals surface area contributed by atoms with Crippen molar-refractivity contribution in [2.45, 2.75) is 38.5 Å². The van der Waals surface area contributed by atoms with Gasteiger partial charge in [0.05, 0.1) is 6.54 Å². The Kier molecular flexibility index (Phi) is 3.54. The van der Waals surface area contributed by atoms with E-state index in [2.05, 4.69) is 4.90 Å². The average Bonchev–Trinajstić information content (AvgIpc) is 2.82. The van der Waals surface area contributed by atoms with Crippen molar-refractivity contribution >= 4 is 11.5 Å². The Morgan fingerprint density at radius 2 is 2.05 bits per heavy atom. The summed E-state index contributed by atoms with van der Waals surface area (Å²) in [5.41, 5.74) is 2.09. The molecule has 1 saturated carbocycles. The summed E-state index contributed by atoms with van der Waals surface area (Å²) in [7, 11) is 0. The number of nitrogens with zero attached hydrogens (tertiary/aromatic N) is 1. The number of hydrogen-bond donors (Lipinski definition) is 0. The van der Waals surface area contributed by atoms with Crippen molar-refractivity contribution in [3.63, 3.8) is 0 Å². The Hall–Kier alpha value is -1.38. The van der Waals surface area contributed by atoms with Crippen LogP contribution in [0.3, 0.4) is 0 Å². The smallest absolute Gasteiger partial charge is 0.155 e. The number of hydrogen-bond acceptors (Lipinski definition) is 2. The van der Waals surface area contributed by atoms with Gasteiger partial charge in [-0.05, 0) is 37.0 Å². The van der Waals surface area contributed by atoms with Crippen LogP contribution in [0.4, 0.5) is 10.1 Å². The third-order valence-corrected chi connectivity index (χ3v) is 4.45. The molecule has 1 aliphatic carbocycles. The molecule has 0 saturated heterocycles. The number of benzene rings is 1. The molecule has 1 heterocycles. The van der Waals surface area contributed by atoms with Gasteiger partial charge >= 0.3 is 0 Å². The molecule has 0 radical (unpaired) electrons. The van der Waals surface area contributed by atoms with Crippen LogP contribution in [0.1, 0.15) is 37.7 Å². The number of halogens is 1. The number of carbonyl (C=O) groups excluding carboxylic acids is 1. The van der Waals surface area contributed by atoms with Gasteiger partial charge < -0.3 is 4.90 Å². The Morgan fingerprint density at radius 1 is 1.26 bits per heavy atom. The van der Waals surface area contributed by atoms with E-state index < -0.39 is 0 Å². The van der Waals surface area contributed by atoms with Crippen molar-refractivity contribution in [3.05, 3.63) is 29.6 Å². The summed E-state index contributed by atoms with van der Waals surface area (Å²) in [5, 5.41) is 0. The highest BCUT2D eigenvalue weighted by Crippen LogP contribution is 2.30. The monoisotopic (exact) mass is 261 g/mol. The first-order valence-corrected chi connectivity index (χ1v) is 7.30. The molecular weight excluding hydrogens is 241 g/mol. The molecule has 0 bridgehead atoms. The molecule has 19 heavy (non-hydrogen) atoms. The fraction of sp³-hybridized carbons (Fsp3) is 0.562. The van der Waals surface area contributed by atoms with E-state index in [0.29, 0.717) is 12.3 Å². The average molecular weight is 261 g/mol. The molecule has 2 aliphatic rings. The molecule has 1 aromatic carbocycles. The summed E-state index contributed by atoms with van der Waals surface area (Å²) in [6.45, 7) is 1.30. The van der Waals surface area contributed by atoms with Crippen LogP contribution in [-0.2, 0) is 11.2 Å². The van der Waals surface area contributed by atoms with Crippen LogP contribution < -0.4 is 4.90 Å². The second-order valence-corrected chi connectivity index (χ2v) is 5.75. The molecule has 0 spiro atoms. The third-order valence-electron chi connectivity index (χ3n) is 4.45. The molecule has 0 unspecified atom stereocenters. The maximum absolute atomic E-state index is 13.3. The van der Waals surface area contributed by atoms with Crippen molar-refractivity contribution in [1.29, 1.82) is 0 Å². The molecule has 0 amide bonds. The van der Waals surface area contributed by atoms with Gasteiger partial charge in [0.1, 0.15) is 5.82 Å². The predicted octanol–water partition coefficient (Wildman–Crippen LogP) is 3.34. The zero-order valence-electron chi connectivity index (χ0n) is 11.2. The van der Waals surface area contributed by atoms with Crippen LogP contribution in [0.5, 0.6) is 0 Å². The first-order chi connectivity index (χ1) is 9.24. The third kappa shape index (κ3) is 2.65. The molecule has 1 fully saturated rings. The normalized spacial score (nSPS) is 19.5. The van der Waals surface area contributed by atoms with Crippen molar-refractivity contribution in [1.82, 2.24) is 0 Å². The highest BCUT2D eigenvalue weighted by atomic mass is 19.1. The lowest BCUT2D eigenvalue weighted by atomic mass is 9.86. The van der Waals surface area contributed by atoms with E-state index in [4.69, 9.17) is 0 Å². The Morgan fingerprint density at radius 3 is 2.84 bits per heavy atom. The number of anilines is 1. The minimum Gasteiger partial charge on any atom is -0.364 e. The van der Waals surface area contributed by atoms with E-state index in [9.17, 15) is 9.18 Å². The van der Waals surface area contributed by atoms with Crippen LogP contribution >= 0.6 is 0 Å².